The minimum Gasteiger partial charge on any atom is -0.479 e. The van der Waals surface area contributed by atoms with Gasteiger partial charge in [-0.05, 0) is 13.3 Å². The molecule has 0 aliphatic heterocycles. The summed E-state index contributed by atoms with van der Waals surface area (Å²) in [7, 11) is 0. The largest absolute Gasteiger partial charge is 0.479 e. The van der Waals surface area contributed by atoms with Gasteiger partial charge in [-0.15, -0.1) is 0 Å². The van der Waals surface area contributed by atoms with Crippen molar-refractivity contribution in [1.82, 2.24) is 0 Å². The van der Waals surface area contributed by atoms with Crippen LogP contribution in [0.3, 0.4) is 0 Å². The summed E-state index contributed by atoms with van der Waals surface area (Å²) in [4.78, 5) is 33.8. The fraction of sp³-hybridized carbons (Fsp3) is 0.750. The van der Waals surface area contributed by atoms with Crippen LogP contribution in [0.15, 0.2) is 0 Å². The predicted molar refractivity (Wildman–Crippen MR) is 63.0 cm³/mol. The van der Waals surface area contributed by atoms with E-state index in [-0.39, 0.29) is 6.42 Å². The first-order valence-electron chi connectivity index (χ1n) is 5.95. The molecule has 0 aromatic rings. The van der Waals surface area contributed by atoms with E-state index in [0.717, 1.165) is 19.8 Å². The van der Waals surface area contributed by atoms with Gasteiger partial charge in [-0.25, -0.2) is 4.79 Å². The van der Waals surface area contributed by atoms with Gasteiger partial charge < -0.3 is 15.3 Å². The third-order valence-electron chi connectivity index (χ3n) is 2.65. The van der Waals surface area contributed by atoms with E-state index in [1.165, 1.54) is 0 Å². The van der Waals surface area contributed by atoms with Crippen LogP contribution in [0.1, 0.15) is 46.0 Å². The zero-order valence-corrected chi connectivity index (χ0v) is 10.7. The Morgan fingerprint density at radius 3 is 2.17 bits per heavy atom. The molecular formula is C12H20O6. The molecule has 0 amide bonds. The summed E-state index contributed by atoms with van der Waals surface area (Å²) in [6.07, 6.45) is 0.0137. The Morgan fingerprint density at radius 2 is 1.78 bits per heavy atom. The van der Waals surface area contributed by atoms with Gasteiger partial charge in [-0.2, -0.15) is 0 Å². The summed E-state index contributed by atoms with van der Waals surface area (Å²) in [6.45, 7) is 3.01. The van der Waals surface area contributed by atoms with Crippen molar-refractivity contribution in [2.75, 3.05) is 0 Å². The molecule has 0 fully saturated rings. The number of hydrogen-bond donors (Lipinski definition) is 3. The van der Waals surface area contributed by atoms with Crippen molar-refractivity contribution in [3.63, 3.8) is 0 Å². The molecule has 3 N–H and O–H groups in total. The second-order valence-corrected chi connectivity index (χ2v) is 4.38. The van der Waals surface area contributed by atoms with Crippen molar-refractivity contribution in [3.8, 4) is 0 Å². The van der Waals surface area contributed by atoms with Gasteiger partial charge in [0.05, 0.1) is 6.42 Å². The zero-order valence-electron chi connectivity index (χ0n) is 10.7. The fourth-order valence-electron chi connectivity index (χ4n) is 1.56. The van der Waals surface area contributed by atoms with Crippen molar-refractivity contribution in [1.29, 1.82) is 0 Å². The Kier molecular flexibility index (Phi) is 6.72. The van der Waals surface area contributed by atoms with Crippen molar-refractivity contribution in [2.24, 2.45) is 0 Å². The number of carbonyl (C=O) groups is 3. The van der Waals surface area contributed by atoms with Gasteiger partial charge in [-0.1, -0.05) is 19.8 Å². The number of hydrogen-bond acceptors (Lipinski definition) is 5. The average molecular weight is 260 g/mol. The lowest BCUT2D eigenvalue weighted by molar-refractivity contribution is -0.171. The maximum Gasteiger partial charge on any atom is 0.344 e. The van der Waals surface area contributed by atoms with E-state index < -0.39 is 35.7 Å². The summed E-state index contributed by atoms with van der Waals surface area (Å²) in [5.41, 5.74) is -2.82. The SMILES string of the molecule is CCCCCC(=O)CC(O)(C(=O)O)C(=O)C(C)O. The first-order valence-corrected chi connectivity index (χ1v) is 5.95. The van der Waals surface area contributed by atoms with E-state index in [2.05, 4.69) is 0 Å². The zero-order chi connectivity index (χ0) is 14.3. The lowest BCUT2D eigenvalue weighted by atomic mass is 9.88. The summed E-state index contributed by atoms with van der Waals surface area (Å²) < 4.78 is 0. The monoisotopic (exact) mass is 260 g/mol. The van der Waals surface area contributed by atoms with E-state index in [9.17, 15) is 19.5 Å². The number of rotatable bonds is 9. The normalized spacial score (nSPS) is 15.8. The van der Waals surface area contributed by atoms with Crippen molar-refractivity contribution in [3.05, 3.63) is 0 Å². The Hall–Kier alpha value is -1.27. The number of carbonyl (C=O) groups excluding carboxylic acids is 2. The smallest absolute Gasteiger partial charge is 0.344 e. The van der Waals surface area contributed by atoms with Crippen LogP contribution in [0.4, 0.5) is 0 Å². The van der Waals surface area contributed by atoms with Crippen molar-refractivity contribution in [2.45, 2.75) is 57.7 Å². The molecule has 0 heterocycles. The molecule has 0 aliphatic rings. The summed E-state index contributed by atoms with van der Waals surface area (Å²) in [5, 5.41) is 27.6. The second kappa shape index (κ2) is 7.23. The Morgan fingerprint density at radius 1 is 1.22 bits per heavy atom. The number of ketones is 2. The maximum absolute atomic E-state index is 11.5. The van der Waals surface area contributed by atoms with E-state index in [4.69, 9.17) is 10.2 Å². The molecule has 6 nitrogen and oxygen atoms in total. The predicted octanol–water partition coefficient (Wildman–Crippen LogP) is 0.291. The lowest BCUT2D eigenvalue weighted by Gasteiger charge is -2.22. The van der Waals surface area contributed by atoms with Crippen LogP contribution in [0.5, 0.6) is 0 Å². The summed E-state index contributed by atoms with van der Waals surface area (Å²) in [5.74, 6) is -3.57. The molecule has 18 heavy (non-hydrogen) atoms. The van der Waals surface area contributed by atoms with Gasteiger partial charge in [0.1, 0.15) is 11.9 Å². The van der Waals surface area contributed by atoms with Gasteiger partial charge in [0, 0.05) is 6.42 Å². The molecule has 0 radical (unpaired) electrons. The van der Waals surface area contributed by atoms with Crippen LogP contribution in [-0.4, -0.2) is 44.6 Å². The van der Waals surface area contributed by atoms with E-state index in [1.54, 1.807) is 0 Å². The fourth-order valence-corrected chi connectivity index (χ4v) is 1.56. The highest BCUT2D eigenvalue weighted by molar-refractivity contribution is 6.10. The van der Waals surface area contributed by atoms with Crippen LogP contribution in [0.2, 0.25) is 0 Å². The van der Waals surface area contributed by atoms with E-state index in [1.807, 2.05) is 6.92 Å². The molecule has 2 unspecified atom stereocenters. The quantitative estimate of drug-likeness (QED) is 0.406. The minimum absolute atomic E-state index is 0.122. The Bertz CT molecular complexity index is 323. The molecule has 0 aromatic heterocycles. The summed E-state index contributed by atoms with van der Waals surface area (Å²) in [6, 6.07) is 0. The molecule has 0 saturated carbocycles. The van der Waals surface area contributed by atoms with Crippen LogP contribution >= 0.6 is 0 Å². The van der Waals surface area contributed by atoms with Gasteiger partial charge in [0.25, 0.3) is 0 Å². The molecule has 0 aliphatic carbocycles. The molecule has 6 heteroatoms. The van der Waals surface area contributed by atoms with Crippen molar-refractivity contribution >= 4 is 17.5 Å². The highest BCUT2D eigenvalue weighted by Gasteiger charge is 2.47. The lowest BCUT2D eigenvalue weighted by Crippen LogP contribution is -2.52. The molecule has 104 valence electrons. The summed E-state index contributed by atoms with van der Waals surface area (Å²) >= 11 is 0. The standard InChI is InChI=1S/C12H20O6/c1-3-4-5-6-9(14)7-12(18,11(16)17)10(15)8(2)13/h8,13,18H,3-7H2,1-2H3,(H,16,17). The number of unbranched alkanes of at least 4 members (excludes halogenated alkanes) is 2. The molecular weight excluding hydrogens is 240 g/mol. The third kappa shape index (κ3) is 4.54. The number of aliphatic hydroxyl groups excluding tert-OH is 1. The average Bonchev–Trinajstić information content (AvgIpc) is 2.27. The number of carboxylic acid groups (broad SMARTS) is 1. The van der Waals surface area contributed by atoms with Gasteiger partial charge in [0.2, 0.25) is 11.4 Å². The number of aliphatic carboxylic acids is 1. The first-order chi connectivity index (χ1) is 8.25. The van der Waals surface area contributed by atoms with Crippen molar-refractivity contribution < 1.29 is 29.7 Å². The highest BCUT2D eigenvalue weighted by Crippen LogP contribution is 2.17. The number of aliphatic hydroxyl groups is 2. The Labute approximate surface area is 106 Å². The molecule has 0 bridgehead atoms. The van der Waals surface area contributed by atoms with Gasteiger partial charge >= 0.3 is 5.97 Å². The molecule has 0 rings (SSSR count). The minimum atomic E-state index is -2.82. The van der Waals surface area contributed by atoms with E-state index >= 15 is 0 Å². The van der Waals surface area contributed by atoms with Gasteiger partial charge in [-0.3, -0.25) is 9.59 Å². The highest BCUT2D eigenvalue weighted by atomic mass is 16.4. The third-order valence-corrected chi connectivity index (χ3v) is 2.65. The molecule has 0 aromatic carbocycles. The van der Waals surface area contributed by atoms with Gasteiger partial charge in [0.15, 0.2) is 0 Å². The molecule has 0 spiro atoms. The van der Waals surface area contributed by atoms with Crippen LogP contribution < -0.4 is 0 Å². The second-order valence-electron chi connectivity index (χ2n) is 4.38. The number of carboxylic acids is 1. The van der Waals surface area contributed by atoms with Crippen LogP contribution in [0.25, 0.3) is 0 Å². The molecule has 0 saturated heterocycles. The Balaban J connectivity index is 4.68. The first kappa shape index (κ1) is 16.7. The molecule has 2 atom stereocenters. The van der Waals surface area contributed by atoms with Crippen LogP contribution in [-0.2, 0) is 14.4 Å². The topological polar surface area (TPSA) is 112 Å². The maximum atomic E-state index is 11.5. The van der Waals surface area contributed by atoms with Crippen LogP contribution in [0, 0.1) is 0 Å². The van der Waals surface area contributed by atoms with E-state index in [0.29, 0.717) is 6.42 Å². The number of Topliss-reactive ketones (excluding diaryl/α,β-unsaturated/α-hetero) is 2.